The van der Waals surface area contributed by atoms with Gasteiger partial charge in [0.1, 0.15) is 0 Å². The van der Waals surface area contributed by atoms with Crippen LogP contribution in [0.5, 0.6) is 0 Å². The quantitative estimate of drug-likeness (QED) is 0.798. The Morgan fingerprint density at radius 3 is 2.65 bits per heavy atom. The highest BCUT2D eigenvalue weighted by Gasteiger charge is 2.10. The summed E-state index contributed by atoms with van der Waals surface area (Å²) in [7, 11) is 0. The van der Waals surface area contributed by atoms with E-state index in [1.165, 1.54) is 5.39 Å². The number of amides is 1. The van der Waals surface area contributed by atoms with Crippen LogP contribution in [-0.4, -0.2) is 11.9 Å². The van der Waals surface area contributed by atoms with E-state index in [2.05, 4.69) is 11.4 Å². The number of nitrogens with zero attached hydrogens (tertiary/aromatic N) is 1. The Kier molecular flexibility index (Phi) is 3.38. The Bertz CT molecular complexity index is 534. The molecule has 0 aliphatic heterocycles. The number of hydrogen-bond donors (Lipinski definition) is 1. The van der Waals surface area contributed by atoms with Crippen LogP contribution in [0.1, 0.15) is 13.8 Å². The lowest BCUT2D eigenvalue weighted by atomic mass is 10.2. The minimum atomic E-state index is 0.0419. The first kappa shape index (κ1) is 11.6. The van der Waals surface area contributed by atoms with Gasteiger partial charge in [0.05, 0.1) is 0 Å². The summed E-state index contributed by atoms with van der Waals surface area (Å²) in [6.07, 6.45) is 3.93. The van der Waals surface area contributed by atoms with E-state index in [1.54, 1.807) is 0 Å². The summed E-state index contributed by atoms with van der Waals surface area (Å²) in [6, 6.07) is 10.3. The average molecular weight is 229 g/mol. The molecule has 0 aliphatic rings. The van der Waals surface area contributed by atoms with Crippen LogP contribution in [0.15, 0.2) is 42.7 Å². The minimum absolute atomic E-state index is 0.0419. The average Bonchev–Trinajstić information content (AvgIpc) is 2.27. The highest BCUT2D eigenvalue weighted by atomic mass is 16.2. The highest BCUT2D eigenvalue weighted by molar-refractivity contribution is 5.80. The molecule has 1 N–H and O–H groups in total. The second-order valence-electron chi connectivity index (χ2n) is 4.47. The van der Waals surface area contributed by atoms with Crippen LogP contribution in [0.25, 0.3) is 10.8 Å². The van der Waals surface area contributed by atoms with E-state index >= 15 is 0 Å². The monoisotopic (exact) mass is 229 g/mol. The fraction of sp³-hybridized carbons (Fsp3) is 0.286. The van der Waals surface area contributed by atoms with E-state index in [0.717, 1.165) is 5.39 Å². The largest absolute Gasteiger partial charge is 0.348 e. The molecule has 1 aromatic heterocycles. The predicted octanol–water partition coefficient (Wildman–Crippen LogP) is 1.65. The normalized spacial score (nSPS) is 10.8. The Labute approximate surface area is 101 Å². The molecule has 1 heterocycles. The first-order valence-electron chi connectivity index (χ1n) is 5.82. The molecule has 2 rings (SSSR count). The molecule has 0 aliphatic carbocycles. The van der Waals surface area contributed by atoms with E-state index in [4.69, 9.17) is 0 Å². The summed E-state index contributed by atoms with van der Waals surface area (Å²) in [5.74, 6) is 0.0419. The molecular formula is C14H17N2O+. The number of aromatic nitrogens is 1. The Hall–Kier alpha value is -1.90. The van der Waals surface area contributed by atoms with Crippen molar-refractivity contribution in [1.29, 1.82) is 0 Å². The van der Waals surface area contributed by atoms with Crippen molar-refractivity contribution in [3.05, 3.63) is 42.7 Å². The standard InChI is InChI=1S/C14H16N2O/c1-11(2)15-14(17)10-16-8-7-12-5-3-4-6-13(12)9-16/h3-9,11H,10H2,1-2H3/p+1. The molecule has 88 valence electrons. The van der Waals surface area contributed by atoms with Gasteiger partial charge in [-0.25, -0.2) is 0 Å². The van der Waals surface area contributed by atoms with Gasteiger partial charge in [-0.2, -0.15) is 4.57 Å². The first-order chi connectivity index (χ1) is 8.15. The summed E-state index contributed by atoms with van der Waals surface area (Å²) in [4.78, 5) is 11.6. The van der Waals surface area contributed by atoms with Crippen molar-refractivity contribution in [3.63, 3.8) is 0 Å². The van der Waals surface area contributed by atoms with E-state index < -0.39 is 0 Å². The summed E-state index contributed by atoms with van der Waals surface area (Å²) in [5, 5.41) is 5.21. The lowest BCUT2D eigenvalue weighted by Gasteiger charge is -2.05. The molecule has 0 bridgehead atoms. The Morgan fingerprint density at radius 2 is 1.94 bits per heavy atom. The zero-order chi connectivity index (χ0) is 12.3. The Morgan fingerprint density at radius 1 is 1.24 bits per heavy atom. The molecular weight excluding hydrogens is 212 g/mol. The molecule has 0 radical (unpaired) electrons. The second kappa shape index (κ2) is 4.95. The zero-order valence-corrected chi connectivity index (χ0v) is 10.2. The van der Waals surface area contributed by atoms with Gasteiger partial charge in [-0.1, -0.05) is 18.2 Å². The van der Waals surface area contributed by atoms with Crippen molar-refractivity contribution >= 4 is 16.7 Å². The summed E-state index contributed by atoms with van der Waals surface area (Å²) in [6.45, 7) is 4.29. The number of fused-ring (bicyclic) bond motifs is 1. The molecule has 0 saturated heterocycles. The van der Waals surface area contributed by atoms with Gasteiger partial charge >= 0.3 is 0 Å². The molecule has 0 unspecified atom stereocenters. The number of nitrogens with one attached hydrogen (secondary N) is 1. The van der Waals surface area contributed by atoms with Crippen LogP contribution < -0.4 is 9.88 Å². The van der Waals surface area contributed by atoms with Gasteiger partial charge in [-0.05, 0) is 25.3 Å². The third-order valence-corrected chi connectivity index (χ3v) is 2.52. The smallest absolute Gasteiger partial charge is 0.286 e. The third kappa shape index (κ3) is 3.03. The predicted molar refractivity (Wildman–Crippen MR) is 67.4 cm³/mol. The van der Waals surface area contributed by atoms with Crippen LogP contribution in [0.2, 0.25) is 0 Å². The van der Waals surface area contributed by atoms with Crippen molar-refractivity contribution < 1.29 is 9.36 Å². The maximum absolute atomic E-state index is 11.6. The molecule has 0 atom stereocenters. The van der Waals surface area contributed by atoms with Crippen molar-refractivity contribution in [2.45, 2.75) is 26.4 Å². The SMILES string of the molecule is CC(C)NC(=O)C[n+]1ccc2ccccc2c1. The number of pyridine rings is 1. The molecule has 0 fully saturated rings. The van der Waals surface area contributed by atoms with Gasteiger partial charge in [0.25, 0.3) is 5.91 Å². The maximum Gasteiger partial charge on any atom is 0.286 e. The second-order valence-corrected chi connectivity index (χ2v) is 4.47. The van der Waals surface area contributed by atoms with Gasteiger partial charge in [-0.15, -0.1) is 0 Å². The van der Waals surface area contributed by atoms with Crippen molar-refractivity contribution in [1.82, 2.24) is 5.32 Å². The summed E-state index contributed by atoms with van der Waals surface area (Å²) in [5.41, 5.74) is 0. The molecule has 17 heavy (non-hydrogen) atoms. The van der Waals surface area contributed by atoms with Crippen molar-refractivity contribution in [2.24, 2.45) is 0 Å². The van der Waals surface area contributed by atoms with E-state index in [9.17, 15) is 4.79 Å². The fourth-order valence-corrected chi connectivity index (χ4v) is 1.81. The van der Waals surface area contributed by atoms with E-state index in [0.29, 0.717) is 6.54 Å². The number of hydrogen-bond acceptors (Lipinski definition) is 1. The van der Waals surface area contributed by atoms with Gasteiger partial charge < -0.3 is 5.32 Å². The number of carbonyl (C=O) groups excluding carboxylic acids is 1. The molecule has 0 spiro atoms. The van der Waals surface area contributed by atoms with Gasteiger partial charge in [0.2, 0.25) is 6.54 Å². The number of rotatable bonds is 3. The van der Waals surface area contributed by atoms with Crippen molar-refractivity contribution in [2.75, 3.05) is 0 Å². The molecule has 1 aromatic carbocycles. The Balaban J connectivity index is 2.17. The van der Waals surface area contributed by atoms with Crippen molar-refractivity contribution in [3.8, 4) is 0 Å². The molecule has 3 heteroatoms. The van der Waals surface area contributed by atoms with Gasteiger partial charge in [0, 0.05) is 17.5 Å². The maximum atomic E-state index is 11.6. The third-order valence-electron chi connectivity index (χ3n) is 2.52. The zero-order valence-electron chi connectivity index (χ0n) is 10.2. The van der Waals surface area contributed by atoms with E-state index in [1.807, 2.05) is 55.1 Å². The molecule has 0 saturated carbocycles. The summed E-state index contributed by atoms with van der Waals surface area (Å²) >= 11 is 0. The molecule has 3 nitrogen and oxygen atoms in total. The first-order valence-corrected chi connectivity index (χ1v) is 5.82. The molecule has 2 aromatic rings. The highest BCUT2D eigenvalue weighted by Crippen LogP contribution is 2.09. The number of carbonyl (C=O) groups is 1. The van der Waals surface area contributed by atoms with Crippen LogP contribution in [0.4, 0.5) is 0 Å². The molecule has 1 amide bonds. The van der Waals surface area contributed by atoms with Gasteiger partial charge in [0.15, 0.2) is 12.4 Å². The van der Waals surface area contributed by atoms with E-state index in [-0.39, 0.29) is 11.9 Å². The lowest BCUT2D eigenvalue weighted by molar-refractivity contribution is -0.683. The van der Waals surface area contributed by atoms with Crippen LogP contribution >= 0.6 is 0 Å². The van der Waals surface area contributed by atoms with Gasteiger partial charge in [-0.3, -0.25) is 4.79 Å². The fourth-order valence-electron chi connectivity index (χ4n) is 1.81. The van der Waals surface area contributed by atoms with Crippen LogP contribution in [0, 0.1) is 0 Å². The minimum Gasteiger partial charge on any atom is -0.348 e. The topological polar surface area (TPSA) is 33.0 Å². The lowest BCUT2D eigenvalue weighted by Crippen LogP contribution is -2.44. The number of benzene rings is 1. The van der Waals surface area contributed by atoms with Crippen LogP contribution in [-0.2, 0) is 11.3 Å². The van der Waals surface area contributed by atoms with Crippen LogP contribution in [0.3, 0.4) is 0 Å². The summed E-state index contributed by atoms with van der Waals surface area (Å²) < 4.78 is 1.90.